The van der Waals surface area contributed by atoms with E-state index < -0.39 is 18.4 Å². The van der Waals surface area contributed by atoms with Crippen molar-refractivity contribution < 1.29 is 14.3 Å². The Bertz CT molecular complexity index is 664. The van der Waals surface area contributed by atoms with Crippen LogP contribution in [0.15, 0.2) is 24.3 Å². The van der Waals surface area contributed by atoms with Gasteiger partial charge >= 0.3 is 195 Å². The van der Waals surface area contributed by atoms with Crippen molar-refractivity contribution in [3.05, 3.63) is 29.8 Å². The van der Waals surface area contributed by atoms with Gasteiger partial charge in [0.2, 0.25) is 0 Å². The Balaban J connectivity index is 1.88. The average Bonchev–Trinajstić information content (AvgIpc) is 3.19. The van der Waals surface area contributed by atoms with Gasteiger partial charge in [-0.1, -0.05) is 0 Å². The Morgan fingerprint density at radius 3 is 2.06 bits per heavy atom. The number of rotatable bonds is 12. The molecule has 2 aliphatic rings. The molecule has 0 aromatic heterocycles. The predicted molar refractivity (Wildman–Crippen MR) is 132 cm³/mol. The number of benzene rings is 1. The van der Waals surface area contributed by atoms with Gasteiger partial charge in [0.1, 0.15) is 0 Å². The van der Waals surface area contributed by atoms with Crippen LogP contribution in [0.5, 0.6) is 0 Å². The van der Waals surface area contributed by atoms with Crippen LogP contribution in [0.25, 0.3) is 0 Å². The summed E-state index contributed by atoms with van der Waals surface area (Å²) in [6.07, 6.45) is 11.5. The molecule has 3 nitrogen and oxygen atoms in total. The maximum atomic E-state index is 12.6. The Hall–Kier alpha value is -0.551. The van der Waals surface area contributed by atoms with Gasteiger partial charge in [-0.05, 0) is 0 Å². The van der Waals surface area contributed by atoms with Crippen molar-refractivity contribution in [2.24, 2.45) is 5.92 Å². The van der Waals surface area contributed by atoms with Gasteiger partial charge in [-0.25, -0.2) is 0 Å². The number of carbonyl (C=O) groups excluding carboxylic acids is 1. The molecule has 0 amide bonds. The van der Waals surface area contributed by atoms with Crippen LogP contribution in [0, 0.1) is 5.92 Å². The summed E-state index contributed by atoms with van der Waals surface area (Å²) in [7, 11) is 1.52. The normalized spacial score (nSPS) is 25.5. The fraction of sp³-hybridized carbons (Fsp3) is 0.741. The van der Waals surface area contributed by atoms with E-state index in [1.54, 1.807) is 3.58 Å². The molecule has 1 aromatic carbocycles. The summed E-state index contributed by atoms with van der Waals surface area (Å²) in [5.41, 5.74) is 1.32. The predicted octanol–water partition coefficient (Wildman–Crippen LogP) is 6.57. The third-order valence-corrected chi connectivity index (χ3v) is 23.6. The van der Waals surface area contributed by atoms with Gasteiger partial charge in [0.05, 0.1) is 0 Å². The van der Waals surface area contributed by atoms with Crippen molar-refractivity contribution in [2.45, 2.75) is 110 Å². The minimum atomic E-state index is -2.40. The van der Waals surface area contributed by atoms with Crippen molar-refractivity contribution in [1.29, 1.82) is 0 Å². The van der Waals surface area contributed by atoms with Crippen LogP contribution in [0.3, 0.4) is 0 Å². The molecular weight excluding hydrogens is 491 g/mol. The van der Waals surface area contributed by atoms with Gasteiger partial charge in [-0.3, -0.25) is 0 Å². The number of ether oxygens (including phenoxy) is 2. The summed E-state index contributed by atoms with van der Waals surface area (Å²) in [4.78, 5) is 12.6. The van der Waals surface area contributed by atoms with E-state index in [4.69, 9.17) is 9.47 Å². The van der Waals surface area contributed by atoms with Crippen LogP contribution >= 0.6 is 0 Å². The number of carbonyl (C=O) groups is 1. The van der Waals surface area contributed by atoms with Crippen LogP contribution in [0.2, 0.25) is 13.3 Å². The van der Waals surface area contributed by atoms with Gasteiger partial charge in [0, 0.05) is 0 Å². The number of unbranched alkanes of at least 4 members (excludes halogenated alkanes) is 3. The van der Waals surface area contributed by atoms with E-state index in [1.165, 1.54) is 64.5 Å². The van der Waals surface area contributed by atoms with Gasteiger partial charge in [0.15, 0.2) is 0 Å². The minimum absolute atomic E-state index is 0.0350. The zero-order valence-electron chi connectivity index (χ0n) is 20.3. The second-order valence-electron chi connectivity index (χ2n) is 9.98. The van der Waals surface area contributed by atoms with Gasteiger partial charge in [0.25, 0.3) is 0 Å². The molecule has 31 heavy (non-hydrogen) atoms. The number of methoxy groups -OCH3 is 1. The summed E-state index contributed by atoms with van der Waals surface area (Å²) in [5.74, 6) is -0.00999. The molecular formula is C27H44O3Sn. The first kappa shape index (κ1) is 25.1. The zero-order chi connectivity index (χ0) is 22.3. The fourth-order valence-corrected chi connectivity index (χ4v) is 22.0. The molecule has 2 heterocycles. The van der Waals surface area contributed by atoms with Crippen LogP contribution in [-0.2, 0) is 14.3 Å². The van der Waals surface area contributed by atoms with E-state index in [9.17, 15) is 4.79 Å². The zero-order valence-corrected chi connectivity index (χ0v) is 23.2. The van der Waals surface area contributed by atoms with E-state index in [1.807, 2.05) is 0 Å². The second kappa shape index (κ2) is 12.1. The van der Waals surface area contributed by atoms with Crippen molar-refractivity contribution in [2.75, 3.05) is 7.11 Å². The van der Waals surface area contributed by atoms with Crippen LogP contribution in [0.4, 0.5) is 0 Å². The third-order valence-electron chi connectivity index (χ3n) is 7.94. The molecule has 2 aliphatic heterocycles. The van der Waals surface area contributed by atoms with Crippen LogP contribution < -0.4 is 3.58 Å². The summed E-state index contributed by atoms with van der Waals surface area (Å²) in [6.45, 7) is 7.02. The van der Waals surface area contributed by atoms with Gasteiger partial charge < -0.3 is 0 Å². The first-order valence-electron chi connectivity index (χ1n) is 12.9. The molecule has 3 rings (SSSR count). The molecule has 4 heteroatoms. The van der Waals surface area contributed by atoms with Crippen molar-refractivity contribution in [3.63, 3.8) is 0 Å². The van der Waals surface area contributed by atoms with Gasteiger partial charge in [-0.2, -0.15) is 0 Å². The molecule has 1 aromatic rings. The standard InChI is InChI=1S/C15H17O3.3C4H9.Sn/c1-17-15(16)14-12(10-5-3-2-4-6-10)9-11-7-8-13(14)18-11;3*1-3-4-2;/h3-6,11-14H,7-9H2,1H3;3*1,3-4H2,2H3;. The molecule has 4 atom stereocenters. The summed E-state index contributed by atoms with van der Waals surface area (Å²) in [6, 6.07) is 9.71. The number of esters is 1. The molecule has 0 radical (unpaired) electrons. The summed E-state index contributed by atoms with van der Waals surface area (Å²) >= 11 is -2.40. The first-order chi connectivity index (χ1) is 15.1. The molecule has 2 bridgehead atoms. The molecule has 2 fully saturated rings. The molecule has 2 saturated heterocycles. The summed E-state index contributed by atoms with van der Waals surface area (Å²) in [5, 5.41) is 0. The average molecular weight is 535 g/mol. The molecule has 174 valence electrons. The van der Waals surface area contributed by atoms with E-state index in [0.29, 0.717) is 6.10 Å². The molecule has 0 N–H and O–H groups in total. The number of fused-ring (bicyclic) bond motifs is 2. The van der Waals surface area contributed by atoms with E-state index >= 15 is 0 Å². The second-order valence-corrected chi connectivity index (χ2v) is 23.2. The first-order valence-corrected chi connectivity index (χ1v) is 20.4. The maximum absolute atomic E-state index is 12.6. The van der Waals surface area contributed by atoms with Crippen molar-refractivity contribution in [1.82, 2.24) is 0 Å². The monoisotopic (exact) mass is 536 g/mol. The Morgan fingerprint density at radius 2 is 1.55 bits per heavy atom. The quantitative estimate of drug-likeness (QED) is 0.225. The van der Waals surface area contributed by atoms with Crippen LogP contribution in [0.1, 0.15) is 90.0 Å². The van der Waals surface area contributed by atoms with Crippen molar-refractivity contribution in [3.8, 4) is 0 Å². The molecule has 0 aliphatic carbocycles. The SMILES string of the molecule is CCC[CH2][Sn]([CH2]CCC)([CH2]CCC)[c]1ccc(C2CC3CCC(O3)C2C(=O)OC)cc1. The fourth-order valence-electron chi connectivity index (χ4n) is 6.09. The van der Waals surface area contributed by atoms with Crippen molar-refractivity contribution >= 4 is 27.9 Å². The Morgan fingerprint density at radius 1 is 0.968 bits per heavy atom. The van der Waals surface area contributed by atoms with E-state index in [-0.39, 0.29) is 23.9 Å². The van der Waals surface area contributed by atoms with E-state index in [2.05, 4.69) is 45.0 Å². The Labute approximate surface area is 194 Å². The van der Waals surface area contributed by atoms with Crippen LogP contribution in [-0.4, -0.2) is 43.7 Å². The summed E-state index contributed by atoms with van der Waals surface area (Å²) < 4.78 is 17.5. The number of hydrogen-bond acceptors (Lipinski definition) is 3. The molecule has 0 spiro atoms. The molecule has 4 unspecified atom stereocenters. The van der Waals surface area contributed by atoms with Gasteiger partial charge in [-0.15, -0.1) is 0 Å². The Kier molecular flexibility index (Phi) is 9.76. The topological polar surface area (TPSA) is 35.5 Å². The third kappa shape index (κ3) is 5.88. The van der Waals surface area contributed by atoms with E-state index in [0.717, 1.165) is 19.3 Å². The molecule has 0 saturated carbocycles. The number of hydrogen-bond donors (Lipinski definition) is 0.